The molecule has 7 heteroatoms. The number of ether oxygens (including phenoxy) is 1. The van der Waals surface area contributed by atoms with Crippen LogP contribution in [0.25, 0.3) is 11.0 Å². The van der Waals surface area contributed by atoms with E-state index in [0.717, 1.165) is 36.6 Å². The Kier molecular flexibility index (Phi) is 7.61. The third kappa shape index (κ3) is 5.58. The van der Waals surface area contributed by atoms with E-state index < -0.39 is 17.9 Å². The summed E-state index contributed by atoms with van der Waals surface area (Å²) in [5, 5.41) is 11.9. The molecule has 0 aliphatic heterocycles. The van der Waals surface area contributed by atoms with Crippen molar-refractivity contribution in [2.45, 2.75) is 58.9 Å². The van der Waals surface area contributed by atoms with E-state index in [4.69, 9.17) is 14.3 Å². The zero-order valence-electron chi connectivity index (χ0n) is 16.5. The van der Waals surface area contributed by atoms with Crippen molar-refractivity contribution in [3.05, 3.63) is 39.7 Å². The van der Waals surface area contributed by atoms with Crippen molar-refractivity contribution in [2.24, 2.45) is 0 Å². The lowest BCUT2D eigenvalue weighted by Crippen LogP contribution is -2.40. The third-order valence-electron chi connectivity index (χ3n) is 4.66. The summed E-state index contributed by atoms with van der Waals surface area (Å²) < 4.78 is 10.9. The minimum Gasteiger partial charge on any atom is -0.484 e. The molecule has 1 heterocycles. The number of rotatable bonds is 10. The Morgan fingerprint density at radius 3 is 2.68 bits per heavy atom. The van der Waals surface area contributed by atoms with Crippen LogP contribution in [-0.4, -0.2) is 29.6 Å². The van der Waals surface area contributed by atoms with Gasteiger partial charge in [0.25, 0.3) is 5.91 Å². The zero-order chi connectivity index (χ0) is 20.7. The lowest BCUT2D eigenvalue weighted by Gasteiger charge is -2.11. The molecule has 0 unspecified atom stereocenters. The van der Waals surface area contributed by atoms with Gasteiger partial charge < -0.3 is 19.6 Å². The molecule has 2 rings (SSSR count). The predicted molar refractivity (Wildman–Crippen MR) is 106 cm³/mol. The van der Waals surface area contributed by atoms with Gasteiger partial charge in [0, 0.05) is 17.0 Å². The molecular formula is C21H27NO6. The minimum atomic E-state index is -1.12. The first-order valence-electron chi connectivity index (χ1n) is 9.54. The molecule has 0 bridgehead atoms. The summed E-state index contributed by atoms with van der Waals surface area (Å²) in [5.74, 6) is -1.30. The third-order valence-corrected chi connectivity index (χ3v) is 4.66. The topological polar surface area (TPSA) is 106 Å². The summed E-state index contributed by atoms with van der Waals surface area (Å²) in [6, 6.07) is 4.07. The first kappa shape index (κ1) is 21.5. The second kappa shape index (κ2) is 9.92. The Hall–Kier alpha value is -2.83. The normalized spacial score (nSPS) is 12.0. The van der Waals surface area contributed by atoms with Crippen molar-refractivity contribution >= 4 is 22.8 Å². The Balaban J connectivity index is 2.10. The van der Waals surface area contributed by atoms with E-state index in [1.54, 1.807) is 18.2 Å². The Labute approximate surface area is 163 Å². The van der Waals surface area contributed by atoms with E-state index in [1.165, 1.54) is 6.92 Å². The number of unbranched alkanes of at least 4 members (excludes halogenated alkanes) is 3. The monoisotopic (exact) mass is 389 g/mol. The molecule has 1 atom stereocenters. The van der Waals surface area contributed by atoms with E-state index in [1.807, 2.05) is 6.92 Å². The van der Waals surface area contributed by atoms with Crippen LogP contribution in [0.4, 0.5) is 0 Å². The highest BCUT2D eigenvalue weighted by Crippen LogP contribution is 2.25. The maximum Gasteiger partial charge on any atom is 0.339 e. The SMILES string of the molecule is CCCCCCc1c(C)c2ccc(OCC(=O)N[C@@H](C)C(=O)O)cc2oc1=O. The average Bonchev–Trinajstić information content (AvgIpc) is 2.65. The number of aliphatic carboxylic acids is 1. The fraction of sp³-hybridized carbons (Fsp3) is 0.476. The van der Waals surface area contributed by atoms with Crippen LogP contribution in [0.1, 0.15) is 50.7 Å². The minimum absolute atomic E-state index is 0.331. The van der Waals surface area contributed by atoms with Gasteiger partial charge in [0.15, 0.2) is 6.61 Å². The molecule has 1 aromatic carbocycles. The molecule has 0 fully saturated rings. The van der Waals surface area contributed by atoms with Gasteiger partial charge in [-0.1, -0.05) is 26.2 Å². The molecule has 0 aliphatic rings. The summed E-state index contributed by atoms with van der Waals surface area (Å²) in [6.07, 6.45) is 5.03. The smallest absolute Gasteiger partial charge is 0.339 e. The van der Waals surface area contributed by atoms with Crippen molar-refractivity contribution in [3.63, 3.8) is 0 Å². The first-order chi connectivity index (χ1) is 13.3. The van der Waals surface area contributed by atoms with Gasteiger partial charge >= 0.3 is 11.6 Å². The summed E-state index contributed by atoms with van der Waals surface area (Å²) in [6.45, 7) is 5.09. The molecule has 0 radical (unpaired) electrons. The standard InChI is InChI=1S/C21H27NO6/c1-4-5-6-7-8-17-13(2)16-10-9-15(11-18(16)28-21(17)26)27-12-19(23)22-14(3)20(24)25/h9-11,14H,4-8,12H2,1-3H3,(H,22,23)(H,24,25)/t14-/m0/s1. The van der Waals surface area contributed by atoms with E-state index in [-0.39, 0.29) is 12.2 Å². The second-order valence-electron chi connectivity index (χ2n) is 6.88. The number of carbonyl (C=O) groups is 2. The van der Waals surface area contributed by atoms with Crippen LogP contribution in [0, 0.1) is 6.92 Å². The number of carboxylic acids is 1. The van der Waals surface area contributed by atoms with Gasteiger partial charge in [0.2, 0.25) is 0 Å². The number of hydrogen-bond donors (Lipinski definition) is 2. The number of fused-ring (bicyclic) bond motifs is 1. The highest BCUT2D eigenvalue weighted by Gasteiger charge is 2.15. The molecule has 2 N–H and O–H groups in total. The number of aryl methyl sites for hydroxylation is 1. The number of amides is 1. The number of hydrogen-bond acceptors (Lipinski definition) is 5. The van der Waals surface area contributed by atoms with Crippen molar-refractivity contribution in [3.8, 4) is 5.75 Å². The Morgan fingerprint density at radius 1 is 1.25 bits per heavy atom. The zero-order valence-corrected chi connectivity index (χ0v) is 16.5. The molecule has 0 spiro atoms. The van der Waals surface area contributed by atoms with Gasteiger partial charge in [-0.25, -0.2) is 4.79 Å². The molecular weight excluding hydrogens is 362 g/mol. The van der Waals surface area contributed by atoms with Crippen LogP contribution in [0.2, 0.25) is 0 Å². The van der Waals surface area contributed by atoms with Gasteiger partial charge in [-0.2, -0.15) is 0 Å². The van der Waals surface area contributed by atoms with Crippen molar-refractivity contribution in [1.82, 2.24) is 5.32 Å². The van der Waals surface area contributed by atoms with Crippen LogP contribution in [0.3, 0.4) is 0 Å². The molecule has 0 saturated heterocycles. The largest absolute Gasteiger partial charge is 0.484 e. The van der Waals surface area contributed by atoms with Gasteiger partial charge in [-0.05, 0) is 44.4 Å². The van der Waals surface area contributed by atoms with Crippen LogP contribution in [0.15, 0.2) is 27.4 Å². The van der Waals surface area contributed by atoms with Gasteiger partial charge in [0.05, 0.1) is 0 Å². The van der Waals surface area contributed by atoms with Gasteiger partial charge in [-0.3, -0.25) is 9.59 Å². The quantitative estimate of drug-likeness (QED) is 0.477. The lowest BCUT2D eigenvalue weighted by molar-refractivity contribution is -0.141. The number of carbonyl (C=O) groups excluding carboxylic acids is 1. The fourth-order valence-electron chi connectivity index (χ4n) is 2.98. The van der Waals surface area contributed by atoms with E-state index in [9.17, 15) is 14.4 Å². The van der Waals surface area contributed by atoms with Gasteiger partial charge in [-0.15, -0.1) is 0 Å². The summed E-state index contributed by atoms with van der Waals surface area (Å²) >= 11 is 0. The number of nitrogens with one attached hydrogen (secondary N) is 1. The average molecular weight is 389 g/mol. The van der Waals surface area contributed by atoms with Crippen LogP contribution < -0.4 is 15.7 Å². The summed E-state index contributed by atoms with van der Waals surface area (Å²) in [4.78, 5) is 34.8. The van der Waals surface area contributed by atoms with Crippen molar-refractivity contribution < 1.29 is 23.8 Å². The Morgan fingerprint density at radius 2 is 2.00 bits per heavy atom. The molecule has 1 amide bonds. The van der Waals surface area contributed by atoms with Crippen LogP contribution in [-0.2, 0) is 16.0 Å². The highest BCUT2D eigenvalue weighted by molar-refractivity contribution is 5.84. The molecule has 0 saturated carbocycles. The Bertz CT molecular complexity index is 902. The van der Waals surface area contributed by atoms with Crippen molar-refractivity contribution in [1.29, 1.82) is 0 Å². The molecule has 28 heavy (non-hydrogen) atoms. The lowest BCUT2D eigenvalue weighted by atomic mass is 10.0. The van der Waals surface area contributed by atoms with Gasteiger partial charge in [0.1, 0.15) is 17.4 Å². The maximum atomic E-state index is 12.4. The fourth-order valence-corrected chi connectivity index (χ4v) is 2.98. The van der Waals surface area contributed by atoms with E-state index in [0.29, 0.717) is 23.3 Å². The molecule has 0 aliphatic carbocycles. The highest BCUT2D eigenvalue weighted by atomic mass is 16.5. The summed E-state index contributed by atoms with van der Waals surface area (Å²) in [7, 11) is 0. The molecule has 152 valence electrons. The molecule has 7 nitrogen and oxygen atoms in total. The van der Waals surface area contributed by atoms with Crippen LogP contribution in [0.5, 0.6) is 5.75 Å². The summed E-state index contributed by atoms with van der Waals surface area (Å²) in [5.41, 5.74) is 1.67. The van der Waals surface area contributed by atoms with E-state index in [2.05, 4.69) is 12.2 Å². The molecule has 1 aromatic heterocycles. The van der Waals surface area contributed by atoms with Crippen LogP contribution >= 0.6 is 0 Å². The maximum absolute atomic E-state index is 12.4. The second-order valence-corrected chi connectivity index (χ2v) is 6.88. The number of benzene rings is 1. The predicted octanol–water partition coefficient (Wildman–Crippen LogP) is 3.19. The first-order valence-corrected chi connectivity index (χ1v) is 9.54. The number of carboxylic acid groups (broad SMARTS) is 1. The van der Waals surface area contributed by atoms with E-state index >= 15 is 0 Å². The molecule has 2 aromatic rings. The van der Waals surface area contributed by atoms with Crippen molar-refractivity contribution in [2.75, 3.05) is 6.61 Å².